The van der Waals surface area contributed by atoms with Crippen molar-refractivity contribution in [1.29, 1.82) is 0 Å². The van der Waals surface area contributed by atoms with Crippen LogP contribution >= 0.6 is 0 Å². The van der Waals surface area contributed by atoms with E-state index in [9.17, 15) is 4.79 Å². The fourth-order valence-electron chi connectivity index (χ4n) is 1.44. The van der Waals surface area contributed by atoms with E-state index in [2.05, 4.69) is 0 Å². The van der Waals surface area contributed by atoms with Crippen LogP contribution in [0.25, 0.3) is 0 Å². The number of rotatable bonds is 1. The van der Waals surface area contributed by atoms with E-state index in [4.69, 9.17) is 5.73 Å². The third-order valence-corrected chi connectivity index (χ3v) is 2.14. The third-order valence-electron chi connectivity index (χ3n) is 2.14. The standard InChI is InChI=1S/C8H16N2O/c1-6(2)10-5-3-4-7(9)8(10)11/h6-7H,3-5,9H2,1-2H3/t7-/m0/s1. The molecule has 2 N–H and O–H groups in total. The quantitative estimate of drug-likeness (QED) is 0.595. The number of amides is 1. The van der Waals surface area contributed by atoms with Gasteiger partial charge in [-0.1, -0.05) is 0 Å². The SMILES string of the molecule is CC(C)N1CCC[C@H](N)C1=O. The fourth-order valence-corrected chi connectivity index (χ4v) is 1.44. The summed E-state index contributed by atoms with van der Waals surface area (Å²) in [4.78, 5) is 13.2. The summed E-state index contributed by atoms with van der Waals surface area (Å²) in [5.41, 5.74) is 5.62. The lowest BCUT2D eigenvalue weighted by molar-refractivity contribution is -0.136. The number of hydrogen-bond donors (Lipinski definition) is 1. The molecule has 3 heteroatoms. The van der Waals surface area contributed by atoms with Gasteiger partial charge in [0.15, 0.2) is 0 Å². The Labute approximate surface area is 67.5 Å². The highest BCUT2D eigenvalue weighted by atomic mass is 16.2. The summed E-state index contributed by atoms with van der Waals surface area (Å²) in [7, 11) is 0. The number of nitrogens with zero attached hydrogens (tertiary/aromatic N) is 1. The summed E-state index contributed by atoms with van der Waals surface area (Å²) < 4.78 is 0. The molecular formula is C8H16N2O. The highest BCUT2D eigenvalue weighted by Crippen LogP contribution is 2.12. The molecule has 0 radical (unpaired) electrons. The van der Waals surface area contributed by atoms with Crippen molar-refractivity contribution in [2.24, 2.45) is 5.73 Å². The second-order valence-corrected chi connectivity index (χ2v) is 3.37. The van der Waals surface area contributed by atoms with Gasteiger partial charge in [-0.05, 0) is 26.7 Å². The average Bonchev–Trinajstić information content (AvgIpc) is 1.94. The summed E-state index contributed by atoms with van der Waals surface area (Å²) >= 11 is 0. The Bertz CT molecular complexity index is 156. The van der Waals surface area contributed by atoms with E-state index in [1.807, 2.05) is 18.7 Å². The third kappa shape index (κ3) is 1.71. The van der Waals surface area contributed by atoms with Gasteiger partial charge in [0.25, 0.3) is 0 Å². The van der Waals surface area contributed by atoms with Gasteiger partial charge >= 0.3 is 0 Å². The van der Waals surface area contributed by atoms with Crippen LogP contribution in [0.5, 0.6) is 0 Å². The number of carbonyl (C=O) groups excluding carboxylic acids is 1. The van der Waals surface area contributed by atoms with Gasteiger partial charge in [-0.15, -0.1) is 0 Å². The van der Waals surface area contributed by atoms with Gasteiger partial charge in [-0.25, -0.2) is 0 Å². The number of hydrogen-bond acceptors (Lipinski definition) is 2. The Balaban J connectivity index is 2.58. The zero-order valence-electron chi connectivity index (χ0n) is 7.21. The van der Waals surface area contributed by atoms with E-state index in [1.54, 1.807) is 0 Å². The molecule has 0 unspecified atom stereocenters. The normalized spacial score (nSPS) is 26.4. The largest absolute Gasteiger partial charge is 0.339 e. The number of nitrogens with two attached hydrogens (primary N) is 1. The number of piperidine rings is 1. The maximum absolute atomic E-state index is 11.4. The van der Waals surface area contributed by atoms with Crippen LogP contribution in [0.4, 0.5) is 0 Å². The van der Waals surface area contributed by atoms with E-state index >= 15 is 0 Å². The van der Waals surface area contributed by atoms with Crippen molar-refractivity contribution in [3.63, 3.8) is 0 Å². The van der Waals surface area contributed by atoms with Gasteiger partial charge in [0, 0.05) is 12.6 Å². The molecule has 0 aliphatic carbocycles. The maximum Gasteiger partial charge on any atom is 0.239 e. The maximum atomic E-state index is 11.4. The van der Waals surface area contributed by atoms with Gasteiger partial charge < -0.3 is 10.6 Å². The molecule has 11 heavy (non-hydrogen) atoms. The molecule has 0 aromatic heterocycles. The molecule has 0 aromatic carbocycles. The van der Waals surface area contributed by atoms with E-state index in [0.717, 1.165) is 19.4 Å². The lowest BCUT2D eigenvalue weighted by atomic mass is 10.0. The molecule has 0 bridgehead atoms. The first-order chi connectivity index (χ1) is 5.13. The first-order valence-electron chi connectivity index (χ1n) is 4.19. The number of likely N-dealkylation sites (tertiary alicyclic amines) is 1. The predicted molar refractivity (Wildman–Crippen MR) is 44.1 cm³/mol. The molecule has 1 saturated heterocycles. The summed E-state index contributed by atoms with van der Waals surface area (Å²) in [6.07, 6.45) is 1.90. The minimum atomic E-state index is -0.244. The Morgan fingerprint density at radius 3 is 2.73 bits per heavy atom. The number of carbonyl (C=O) groups is 1. The predicted octanol–water partition coefficient (Wildman–Crippen LogP) is 0.345. The van der Waals surface area contributed by atoms with Crippen molar-refractivity contribution in [3.8, 4) is 0 Å². The molecule has 64 valence electrons. The molecule has 1 heterocycles. The summed E-state index contributed by atoms with van der Waals surface area (Å²) in [6.45, 7) is 4.93. The lowest BCUT2D eigenvalue weighted by Gasteiger charge is -2.33. The van der Waals surface area contributed by atoms with Gasteiger partial charge in [0.05, 0.1) is 6.04 Å². The van der Waals surface area contributed by atoms with Crippen molar-refractivity contribution in [1.82, 2.24) is 4.90 Å². The minimum absolute atomic E-state index is 0.117. The summed E-state index contributed by atoms with van der Waals surface area (Å²) in [6, 6.07) is 0.0556. The molecule has 1 amide bonds. The van der Waals surface area contributed by atoms with Crippen molar-refractivity contribution >= 4 is 5.91 Å². The minimum Gasteiger partial charge on any atom is -0.339 e. The van der Waals surface area contributed by atoms with E-state index in [0.29, 0.717) is 6.04 Å². The topological polar surface area (TPSA) is 46.3 Å². The van der Waals surface area contributed by atoms with Crippen LogP contribution in [0.2, 0.25) is 0 Å². The molecule has 1 fully saturated rings. The van der Waals surface area contributed by atoms with Crippen LogP contribution < -0.4 is 5.73 Å². The smallest absolute Gasteiger partial charge is 0.239 e. The second-order valence-electron chi connectivity index (χ2n) is 3.37. The van der Waals surface area contributed by atoms with Crippen molar-refractivity contribution in [2.45, 2.75) is 38.8 Å². The molecular weight excluding hydrogens is 140 g/mol. The lowest BCUT2D eigenvalue weighted by Crippen LogP contribution is -2.50. The van der Waals surface area contributed by atoms with Crippen LogP contribution in [-0.2, 0) is 4.79 Å². The molecule has 1 atom stereocenters. The van der Waals surface area contributed by atoms with E-state index in [1.165, 1.54) is 0 Å². The van der Waals surface area contributed by atoms with Gasteiger partial charge in [0.1, 0.15) is 0 Å². The summed E-state index contributed by atoms with van der Waals surface area (Å²) in [5, 5.41) is 0. The van der Waals surface area contributed by atoms with Crippen LogP contribution in [0.1, 0.15) is 26.7 Å². The first kappa shape index (κ1) is 8.53. The van der Waals surface area contributed by atoms with E-state index in [-0.39, 0.29) is 11.9 Å². The highest BCUT2D eigenvalue weighted by Gasteiger charge is 2.26. The highest BCUT2D eigenvalue weighted by molar-refractivity contribution is 5.82. The first-order valence-corrected chi connectivity index (χ1v) is 4.19. The van der Waals surface area contributed by atoms with Crippen molar-refractivity contribution in [2.75, 3.05) is 6.54 Å². The molecule has 1 aliphatic heterocycles. The van der Waals surface area contributed by atoms with Crippen LogP contribution in [0.3, 0.4) is 0 Å². The fraction of sp³-hybridized carbons (Fsp3) is 0.875. The van der Waals surface area contributed by atoms with Gasteiger partial charge in [0.2, 0.25) is 5.91 Å². The van der Waals surface area contributed by atoms with E-state index < -0.39 is 0 Å². The van der Waals surface area contributed by atoms with Crippen LogP contribution in [0.15, 0.2) is 0 Å². The van der Waals surface area contributed by atoms with Crippen LogP contribution in [0, 0.1) is 0 Å². The van der Waals surface area contributed by atoms with Gasteiger partial charge in [-0.2, -0.15) is 0 Å². The Morgan fingerprint density at radius 2 is 2.27 bits per heavy atom. The molecule has 1 aliphatic rings. The Hall–Kier alpha value is -0.570. The zero-order valence-corrected chi connectivity index (χ0v) is 7.21. The van der Waals surface area contributed by atoms with Crippen molar-refractivity contribution < 1.29 is 4.79 Å². The molecule has 0 saturated carbocycles. The second kappa shape index (κ2) is 3.22. The zero-order chi connectivity index (χ0) is 8.43. The molecule has 1 rings (SSSR count). The Kier molecular flexibility index (Phi) is 2.49. The van der Waals surface area contributed by atoms with Crippen molar-refractivity contribution in [3.05, 3.63) is 0 Å². The summed E-state index contributed by atoms with van der Waals surface area (Å²) in [5.74, 6) is 0.117. The Morgan fingerprint density at radius 1 is 1.64 bits per heavy atom. The molecule has 0 aromatic rings. The van der Waals surface area contributed by atoms with Crippen LogP contribution in [-0.4, -0.2) is 29.4 Å². The molecule has 0 spiro atoms. The average molecular weight is 156 g/mol. The van der Waals surface area contributed by atoms with Gasteiger partial charge in [-0.3, -0.25) is 4.79 Å². The molecule has 3 nitrogen and oxygen atoms in total. The monoisotopic (exact) mass is 156 g/mol.